The number of rotatable bonds is 2. The molecule has 84 valence electrons. The van der Waals surface area contributed by atoms with Crippen molar-refractivity contribution < 1.29 is 9.84 Å². The number of hydrogen-bond acceptors (Lipinski definition) is 3. The molecule has 0 unspecified atom stereocenters. The summed E-state index contributed by atoms with van der Waals surface area (Å²) < 4.78 is 7.19. The minimum absolute atomic E-state index is 0.297. The molecule has 1 aromatic rings. The smallest absolute Gasteiger partial charge is 0.140 e. The summed E-state index contributed by atoms with van der Waals surface area (Å²) in [4.78, 5) is 4.23. The highest BCUT2D eigenvalue weighted by Crippen LogP contribution is 2.36. The summed E-state index contributed by atoms with van der Waals surface area (Å²) in [6.45, 7) is 0. The zero-order valence-corrected chi connectivity index (χ0v) is 9.31. The summed E-state index contributed by atoms with van der Waals surface area (Å²) in [7, 11) is 3.65. The van der Waals surface area contributed by atoms with Gasteiger partial charge in [-0.3, -0.25) is 0 Å². The second kappa shape index (κ2) is 3.94. The van der Waals surface area contributed by atoms with E-state index >= 15 is 0 Å². The Hall–Kier alpha value is -0.870. The summed E-state index contributed by atoms with van der Waals surface area (Å²) in [6.07, 6.45) is 7.17. The SMILES string of the molecule is COC1CCC(O)(c2nccn2C)CC1. The Labute approximate surface area is 89.9 Å². The van der Waals surface area contributed by atoms with Crippen LogP contribution in [0.15, 0.2) is 12.4 Å². The largest absolute Gasteiger partial charge is 0.382 e. The summed E-state index contributed by atoms with van der Waals surface area (Å²) in [5.74, 6) is 0.775. The number of aromatic nitrogens is 2. The molecule has 0 aliphatic heterocycles. The van der Waals surface area contributed by atoms with Gasteiger partial charge in [-0.1, -0.05) is 0 Å². The zero-order valence-electron chi connectivity index (χ0n) is 9.31. The van der Waals surface area contributed by atoms with Gasteiger partial charge in [-0.05, 0) is 25.7 Å². The summed E-state index contributed by atoms with van der Waals surface area (Å²) in [5, 5.41) is 10.5. The molecule has 4 heteroatoms. The lowest BCUT2D eigenvalue weighted by atomic mass is 9.82. The lowest BCUT2D eigenvalue weighted by molar-refractivity contribution is -0.0544. The van der Waals surface area contributed by atoms with Crippen LogP contribution >= 0.6 is 0 Å². The quantitative estimate of drug-likeness (QED) is 0.797. The zero-order chi connectivity index (χ0) is 10.9. The molecule has 0 atom stereocenters. The summed E-state index contributed by atoms with van der Waals surface area (Å²) in [5.41, 5.74) is -0.757. The molecule has 0 radical (unpaired) electrons. The second-order valence-corrected chi connectivity index (χ2v) is 4.33. The lowest BCUT2D eigenvalue weighted by Gasteiger charge is -2.34. The van der Waals surface area contributed by atoms with Crippen LogP contribution in [0.3, 0.4) is 0 Å². The highest BCUT2D eigenvalue weighted by molar-refractivity contribution is 5.06. The van der Waals surface area contributed by atoms with Crippen molar-refractivity contribution in [3.05, 3.63) is 18.2 Å². The van der Waals surface area contributed by atoms with Gasteiger partial charge < -0.3 is 14.4 Å². The first-order valence-corrected chi connectivity index (χ1v) is 5.39. The van der Waals surface area contributed by atoms with Gasteiger partial charge >= 0.3 is 0 Å². The molecule has 1 N–H and O–H groups in total. The number of aryl methyl sites for hydroxylation is 1. The van der Waals surface area contributed by atoms with Gasteiger partial charge in [-0.2, -0.15) is 0 Å². The van der Waals surface area contributed by atoms with Gasteiger partial charge in [0.15, 0.2) is 0 Å². The van der Waals surface area contributed by atoms with Gasteiger partial charge in [0.1, 0.15) is 11.4 Å². The minimum Gasteiger partial charge on any atom is -0.382 e. The third kappa shape index (κ3) is 1.92. The highest BCUT2D eigenvalue weighted by atomic mass is 16.5. The van der Waals surface area contributed by atoms with E-state index in [-0.39, 0.29) is 0 Å². The first-order valence-electron chi connectivity index (χ1n) is 5.39. The highest BCUT2D eigenvalue weighted by Gasteiger charge is 2.37. The van der Waals surface area contributed by atoms with E-state index in [0.717, 1.165) is 31.5 Å². The molecule has 15 heavy (non-hydrogen) atoms. The van der Waals surface area contributed by atoms with Gasteiger partial charge in [0.25, 0.3) is 0 Å². The van der Waals surface area contributed by atoms with Gasteiger partial charge in [-0.25, -0.2) is 4.98 Å². The van der Waals surface area contributed by atoms with Crippen molar-refractivity contribution in [1.29, 1.82) is 0 Å². The van der Waals surface area contributed by atoms with Crippen LogP contribution in [0.2, 0.25) is 0 Å². The molecular formula is C11H18N2O2. The van der Waals surface area contributed by atoms with Crippen molar-refractivity contribution >= 4 is 0 Å². The maximum absolute atomic E-state index is 10.5. The van der Waals surface area contributed by atoms with E-state index in [9.17, 15) is 5.11 Å². The maximum atomic E-state index is 10.5. The van der Waals surface area contributed by atoms with Crippen LogP contribution in [0, 0.1) is 0 Å². The van der Waals surface area contributed by atoms with Crippen LogP contribution < -0.4 is 0 Å². The molecule has 1 aliphatic rings. The number of aliphatic hydroxyl groups is 1. The molecular weight excluding hydrogens is 192 g/mol. The predicted octanol–water partition coefficient (Wildman–Crippen LogP) is 1.20. The van der Waals surface area contributed by atoms with Crippen molar-refractivity contribution in [2.24, 2.45) is 7.05 Å². The van der Waals surface area contributed by atoms with Crippen LogP contribution in [0.5, 0.6) is 0 Å². The van der Waals surface area contributed by atoms with E-state index in [1.807, 2.05) is 17.8 Å². The molecule has 1 fully saturated rings. The molecule has 1 aromatic heterocycles. The van der Waals surface area contributed by atoms with Crippen molar-refractivity contribution in [2.45, 2.75) is 37.4 Å². The molecule has 1 saturated carbocycles. The van der Waals surface area contributed by atoms with Crippen LogP contribution in [-0.2, 0) is 17.4 Å². The first kappa shape index (κ1) is 10.6. The van der Waals surface area contributed by atoms with E-state index in [1.165, 1.54) is 0 Å². The van der Waals surface area contributed by atoms with Crippen LogP contribution in [0.1, 0.15) is 31.5 Å². The Kier molecular flexibility index (Phi) is 2.80. The number of ether oxygens (including phenoxy) is 1. The van der Waals surface area contributed by atoms with E-state index in [1.54, 1.807) is 13.3 Å². The topological polar surface area (TPSA) is 47.3 Å². The molecule has 2 rings (SSSR count). The number of methoxy groups -OCH3 is 1. The van der Waals surface area contributed by atoms with E-state index in [0.29, 0.717) is 6.10 Å². The first-order chi connectivity index (χ1) is 7.15. The average Bonchev–Trinajstić information content (AvgIpc) is 2.66. The van der Waals surface area contributed by atoms with Gasteiger partial charge in [0.2, 0.25) is 0 Å². The maximum Gasteiger partial charge on any atom is 0.140 e. The average molecular weight is 210 g/mol. The lowest BCUT2D eigenvalue weighted by Crippen LogP contribution is -2.36. The third-order valence-electron chi connectivity index (χ3n) is 3.33. The molecule has 1 aliphatic carbocycles. The van der Waals surface area contributed by atoms with Crippen LogP contribution in [-0.4, -0.2) is 27.9 Å². The molecule has 0 saturated heterocycles. The normalized spacial score (nSPS) is 31.8. The van der Waals surface area contributed by atoms with E-state index in [2.05, 4.69) is 4.98 Å². The molecule has 0 amide bonds. The Balaban J connectivity index is 2.13. The summed E-state index contributed by atoms with van der Waals surface area (Å²) in [6, 6.07) is 0. The standard InChI is InChI=1S/C11H18N2O2/c1-13-8-7-12-10(13)11(14)5-3-9(15-2)4-6-11/h7-9,14H,3-6H2,1-2H3. The van der Waals surface area contributed by atoms with Gasteiger partial charge in [0, 0.05) is 26.6 Å². The van der Waals surface area contributed by atoms with E-state index < -0.39 is 5.60 Å². The molecule has 1 heterocycles. The fourth-order valence-corrected chi connectivity index (χ4v) is 2.34. The number of hydrogen-bond donors (Lipinski definition) is 1. The van der Waals surface area contributed by atoms with Crippen molar-refractivity contribution in [3.8, 4) is 0 Å². The fraction of sp³-hybridized carbons (Fsp3) is 0.727. The van der Waals surface area contributed by atoms with Crippen molar-refractivity contribution in [2.75, 3.05) is 7.11 Å². The Morgan fingerprint density at radius 2 is 2.20 bits per heavy atom. The second-order valence-electron chi connectivity index (χ2n) is 4.33. The Morgan fingerprint density at radius 1 is 1.53 bits per heavy atom. The minimum atomic E-state index is -0.757. The predicted molar refractivity (Wildman–Crippen MR) is 56.4 cm³/mol. The van der Waals surface area contributed by atoms with Gasteiger partial charge in [0.05, 0.1) is 6.10 Å². The monoisotopic (exact) mass is 210 g/mol. The van der Waals surface area contributed by atoms with Crippen LogP contribution in [0.4, 0.5) is 0 Å². The van der Waals surface area contributed by atoms with Crippen molar-refractivity contribution in [1.82, 2.24) is 9.55 Å². The number of imidazole rings is 1. The Morgan fingerprint density at radius 3 is 2.67 bits per heavy atom. The third-order valence-corrected chi connectivity index (χ3v) is 3.33. The number of nitrogens with zero attached hydrogens (tertiary/aromatic N) is 2. The van der Waals surface area contributed by atoms with Crippen molar-refractivity contribution in [3.63, 3.8) is 0 Å². The molecule has 0 spiro atoms. The molecule has 4 nitrogen and oxygen atoms in total. The van der Waals surface area contributed by atoms with E-state index in [4.69, 9.17) is 4.74 Å². The summed E-state index contributed by atoms with van der Waals surface area (Å²) >= 11 is 0. The molecule has 0 bridgehead atoms. The Bertz CT molecular complexity index is 327. The molecule has 0 aromatic carbocycles. The fourth-order valence-electron chi connectivity index (χ4n) is 2.34. The van der Waals surface area contributed by atoms with Gasteiger partial charge in [-0.15, -0.1) is 0 Å². The van der Waals surface area contributed by atoms with Crippen LogP contribution in [0.25, 0.3) is 0 Å².